The molecule has 5 nitrogen and oxygen atoms in total. The third-order valence-electron chi connectivity index (χ3n) is 2.22. The van der Waals surface area contributed by atoms with Gasteiger partial charge in [0.1, 0.15) is 6.04 Å². The number of ether oxygens (including phenoxy) is 1. The molecule has 1 aromatic carbocycles. The van der Waals surface area contributed by atoms with E-state index in [0.29, 0.717) is 0 Å². The molecule has 0 saturated heterocycles. The lowest BCUT2D eigenvalue weighted by molar-refractivity contribution is -0.144. The monoisotopic (exact) mass is 362 g/mol. The van der Waals surface area contributed by atoms with Crippen LogP contribution >= 0.6 is 22.6 Å². The van der Waals surface area contributed by atoms with Gasteiger partial charge in [0.05, 0.1) is 7.11 Å². The summed E-state index contributed by atoms with van der Waals surface area (Å²) in [4.78, 5) is 22.4. The molecule has 0 fully saturated rings. The predicted octanol–water partition coefficient (Wildman–Crippen LogP) is 1.38. The molecule has 6 heteroatoms. The highest BCUT2D eigenvalue weighted by Gasteiger charge is 2.19. The number of amides is 1. The molecular weight excluding hydrogens is 347 g/mol. The quantitative estimate of drug-likeness (QED) is 0.614. The van der Waals surface area contributed by atoms with Gasteiger partial charge in [-0.1, -0.05) is 0 Å². The van der Waals surface area contributed by atoms with Crippen molar-refractivity contribution in [3.05, 3.63) is 27.8 Å². The van der Waals surface area contributed by atoms with Crippen LogP contribution in [0.2, 0.25) is 0 Å². The van der Waals surface area contributed by atoms with Crippen molar-refractivity contribution in [3.8, 4) is 0 Å². The van der Waals surface area contributed by atoms with Crippen LogP contribution in [-0.4, -0.2) is 31.6 Å². The van der Waals surface area contributed by atoms with Gasteiger partial charge in [-0.2, -0.15) is 0 Å². The minimum atomic E-state index is -0.688. The van der Waals surface area contributed by atoms with Crippen molar-refractivity contribution in [2.24, 2.45) is 0 Å². The number of esters is 1. The Balaban J connectivity index is 2.58. The number of halogens is 1. The number of benzene rings is 1. The molecule has 98 valence electrons. The van der Waals surface area contributed by atoms with Crippen LogP contribution in [0.4, 0.5) is 5.69 Å². The number of methoxy groups -OCH3 is 1. The number of nitrogens with one attached hydrogen (secondary N) is 2. The normalized spacial score (nSPS) is 11.5. The lowest BCUT2D eigenvalue weighted by Crippen LogP contribution is -2.45. The fourth-order valence-electron chi connectivity index (χ4n) is 1.37. The fraction of sp³-hybridized carbons (Fsp3) is 0.333. The first kappa shape index (κ1) is 14.7. The Kier molecular flexibility index (Phi) is 5.90. The van der Waals surface area contributed by atoms with Crippen molar-refractivity contribution in [2.75, 3.05) is 19.0 Å². The van der Waals surface area contributed by atoms with Crippen molar-refractivity contribution < 1.29 is 14.3 Å². The number of hydrogen-bond acceptors (Lipinski definition) is 4. The van der Waals surface area contributed by atoms with Crippen LogP contribution in [0, 0.1) is 3.57 Å². The number of carbonyl (C=O) groups is 2. The summed E-state index contributed by atoms with van der Waals surface area (Å²) in [6.45, 7) is 1.65. The van der Waals surface area contributed by atoms with Crippen LogP contribution in [0.5, 0.6) is 0 Å². The molecule has 0 bridgehead atoms. The Morgan fingerprint density at radius 1 is 1.33 bits per heavy atom. The maximum atomic E-state index is 11.4. The van der Waals surface area contributed by atoms with Gasteiger partial charge >= 0.3 is 5.97 Å². The first-order valence-electron chi connectivity index (χ1n) is 5.37. The zero-order valence-electron chi connectivity index (χ0n) is 10.2. The van der Waals surface area contributed by atoms with Gasteiger partial charge in [-0.25, -0.2) is 4.79 Å². The van der Waals surface area contributed by atoms with E-state index in [0.717, 1.165) is 9.26 Å². The van der Waals surface area contributed by atoms with E-state index in [1.807, 2.05) is 24.3 Å². The fourth-order valence-corrected chi connectivity index (χ4v) is 1.73. The van der Waals surface area contributed by atoms with Gasteiger partial charge in [0.2, 0.25) is 5.91 Å². The van der Waals surface area contributed by atoms with Gasteiger partial charge in [0, 0.05) is 22.7 Å². The molecule has 0 aliphatic rings. The summed E-state index contributed by atoms with van der Waals surface area (Å²) in [5.74, 6) is -0.738. The Morgan fingerprint density at radius 2 is 1.94 bits per heavy atom. The van der Waals surface area contributed by atoms with E-state index in [1.165, 1.54) is 14.0 Å². The summed E-state index contributed by atoms with van der Waals surface area (Å²) in [7, 11) is 1.29. The van der Waals surface area contributed by atoms with Gasteiger partial charge in [-0.05, 0) is 46.9 Å². The van der Waals surface area contributed by atoms with Crippen molar-refractivity contribution in [1.29, 1.82) is 0 Å². The largest absolute Gasteiger partial charge is 0.467 e. The molecule has 1 aromatic rings. The molecule has 0 aromatic heterocycles. The maximum absolute atomic E-state index is 11.4. The van der Waals surface area contributed by atoms with Crippen molar-refractivity contribution in [2.45, 2.75) is 13.0 Å². The average Bonchev–Trinajstić information content (AvgIpc) is 2.35. The number of hydrogen-bond donors (Lipinski definition) is 2. The minimum Gasteiger partial charge on any atom is -0.467 e. The van der Waals surface area contributed by atoms with Crippen molar-refractivity contribution in [3.63, 3.8) is 0 Å². The topological polar surface area (TPSA) is 67.4 Å². The molecule has 0 aliphatic heterocycles. The van der Waals surface area contributed by atoms with Gasteiger partial charge in [0.15, 0.2) is 0 Å². The minimum absolute atomic E-state index is 0.269. The first-order valence-corrected chi connectivity index (χ1v) is 6.45. The molecule has 0 radical (unpaired) electrons. The van der Waals surface area contributed by atoms with Crippen LogP contribution in [0.15, 0.2) is 24.3 Å². The van der Waals surface area contributed by atoms with Crippen LogP contribution < -0.4 is 10.6 Å². The number of rotatable bonds is 5. The molecule has 1 amide bonds. The molecule has 1 atom stereocenters. The Bertz CT molecular complexity index is 420. The van der Waals surface area contributed by atoms with Crippen molar-refractivity contribution >= 4 is 40.2 Å². The first-order chi connectivity index (χ1) is 8.52. The zero-order valence-corrected chi connectivity index (χ0v) is 12.4. The second kappa shape index (κ2) is 7.20. The van der Waals surface area contributed by atoms with Gasteiger partial charge in [-0.15, -0.1) is 0 Å². The second-order valence-corrected chi connectivity index (χ2v) is 4.91. The van der Waals surface area contributed by atoms with Crippen molar-refractivity contribution in [1.82, 2.24) is 5.32 Å². The van der Waals surface area contributed by atoms with Gasteiger partial charge < -0.3 is 15.4 Å². The summed E-state index contributed by atoms with van der Waals surface area (Å²) in [6, 6.07) is 7.03. The third-order valence-corrected chi connectivity index (χ3v) is 2.94. The Labute approximate surface area is 119 Å². The predicted molar refractivity (Wildman–Crippen MR) is 77.3 cm³/mol. The van der Waals surface area contributed by atoms with E-state index in [1.54, 1.807) is 0 Å². The summed E-state index contributed by atoms with van der Waals surface area (Å²) in [6.07, 6.45) is 0. The average molecular weight is 362 g/mol. The van der Waals surface area contributed by atoms with E-state index >= 15 is 0 Å². The van der Waals surface area contributed by atoms with Crippen LogP contribution in [0.25, 0.3) is 0 Å². The molecule has 2 N–H and O–H groups in total. The Hall–Kier alpha value is -1.31. The summed E-state index contributed by atoms with van der Waals surface area (Å²) >= 11 is 2.21. The molecule has 1 unspecified atom stereocenters. The smallest absolute Gasteiger partial charge is 0.330 e. The van der Waals surface area contributed by atoms with Crippen LogP contribution in [0.1, 0.15) is 6.92 Å². The lowest BCUT2D eigenvalue weighted by atomic mass is 10.2. The molecule has 0 spiro atoms. The number of carbonyl (C=O) groups excluding carboxylic acids is 2. The summed E-state index contributed by atoms with van der Waals surface area (Å²) < 4.78 is 5.76. The SMILES string of the molecule is COC(=O)C(CNc1ccc(I)cc1)NC(C)=O. The highest BCUT2D eigenvalue weighted by atomic mass is 127. The highest BCUT2D eigenvalue weighted by molar-refractivity contribution is 14.1. The van der Waals surface area contributed by atoms with E-state index in [2.05, 4.69) is 38.0 Å². The summed E-state index contributed by atoms with van der Waals surface area (Å²) in [5, 5.41) is 5.61. The van der Waals surface area contributed by atoms with Gasteiger partial charge in [-0.3, -0.25) is 4.79 Å². The maximum Gasteiger partial charge on any atom is 0.330 e. The summed E-state index contributed by atoms with van der Waals surface area (Å²) in [5.41, 5.74) is 0.884. The van der Waals surface area contributed by atoms with E-state index in [4.69, 9.17) is 0 Å². The highest BCUT2D eigenvalue weighted by Crippen LogP contribution is 2.11. The molecular formula is C12H15IN2O3. The third kappa shape index (κ3) is 4.91. The van der Waals surface area contributed by atoms with E-state index < -0.39 is 12.0 Å². The van der Waals surface area contributed by atoms with Crippen LogP contribution in [0.3, 0.4) is 0 Å². The molecule has 0 aliphatic carbocycles. The Morgan fingerprint density at radius 3 is 2.44 bits per heavy atom. The second-order valence-electron chi connectivity index (χ2n) is 3.66. The molecule has 18 heavy (non-hydrogen) atoms. The number of anilines is 1. The standard InChI is InChI=1S/C12H15IN2O3/c1-8(16)15-11(12(17)18-2)7-14-10-5-3-9(13)4-6-10/h3-6,11,14H,7H2,1-2H3,(H,15,16). The van der Waals surface area contributed by atoms with Gasteiger partial charge in [0.25, 0.3) is 0 Å². The lowest BCUT2D eigenvalue weighted by Gasteiger charge is -2.16. The zero-order chi connectivity index (χ0) is 13.5. The van der Waals surface area contributed by atoms with Crippen LogP contribution in [-0.2, 0) is 14.3 Å². The van der Waals surface area contributed by atoms with E-state index in [-0.39, 0.29) is 12.5 Å². The molecule has 1 rings (SSSR count). The molecule has 0 heterocycles. The van der Waals surface area contributed by atoms with E-state index in [9.17, 15) is 9.59 Å². The molecule has 0 saturated carbocycles.